The Morgan fingerprint density at radius 2 is 1.74 bits per heavy atom. The van der Waals surface area contributed by atoms with Gasteiger partial charge in [-0.2, -0.15) is 0 Å². The van der Waals surface area contributed by atoms with E-state index in [0.717, 1.165) is 25.9 Å². The molecule has 4 rings (SSSR count). The molecule has 176 valence electrons. The van der Waals surface area contributed by atoms with Crippen molar-refractivity contribution in [3.05, 3.63) is 0 Å². The van der Waals surface area contributed by atoms with Crippen LogP contribution in [0.5, 0.6) is 0 Å². The van der Waals surface area contributed by atoms with Crippen LogP contribution in [0.2, 0.25) is 0 Å². The van der Waals surface area contributed by atoms with Gasteiger partial charge < -0.3 is 29.7 Å². The lowest BCUT2D eigenvalue weighted by molar-refractivity contribution is -0.134. The predicted octanol–water partition coefficient (Wildman–Crippen LogP) is -1.48. The molecule has 2 amide bonds. The number of rotatable bonds is 5. The van der Waals surface area contributed by atoms with Crippen LogP contribution < -0.4 is 5.32 Å². The van der Waals surface area contributed by atoms with Crippen molar-refractivity contribution in [1.82, 2.24) is 15.1 Å². The molecule has 4 heterocycles. The number of ether oxygens (including phenoxy) is 2. The highest BCUT2D eigenvalue weighted by Gasteiger charge is 2.50. The number of sulfone groups is 1. The Balaban J connectivity index is 1.18. The average molecular weight is 460 g/mol. The SMILES string of the molecule is CC(=O)N1CCC(NC[C@H]2O[C@@H]3C[C@@H](CC(=O)N4CCS(=O)(=O)CC4)O[C@@H]3[C@@H]2O)CC1. The Kier molecular flexibility index (Phi) is 6.87. The van der Waals surface area contributed by atoms with Crippen molar-refractivity contribution in [1.29, 1.82) is 0 Å². The summed E-state index contributed by atoms with van der Waals surface area (Å²) in [4.78, 5) is 27.3. The maximum atomic E-state index is 12.5. The van der Waals surface area contributed by atoms with Crippen LogP contribution in [0.15, 0.2) is 0 Å². The number of nitrogens with one attached hydrogen (secondary N) is 1. The largest absolute Gasteiger partial charge is 0.388 e. The lowest BCUT2D eigenvalue weighted by Gasteiger charge is -2.32. The zero-order chi connectivity index (χ0) is 22.2. The second-order valence-electron chi connectivity index (χ2n) is 9.09. The molecule has 4 saturated heterocycles. The molecular formula is C20H33N3O7S. The number of aliphatic hydroxyl groups is 1. The van der Waals surface area contributed by atoms with E-state index in [1.807, 2.05) is 4.90 Å². The van der Waals surface area contributed by atoms with Gasteiger partial charge in [0, 0.05) is 52.1 Å². The number of carbonyl (C=O) groups excluding carboxylic acids is 2. The third-order valence-electron chi connectivity index (χ3n) is 6.93. The molecule has 4 aliphatic heterocycles. The molecule has 0 spiro atoms. The number of piperidine rings is 1. The lowest BCUT2D eigenvalue weighted by Crippen LogP contribution is -2.47. The number of likely N-dealkylation sites (tertiary alicyclic amines) is 1. The van der Waals surface area contributed by atoms with Gasteiger partial charge >= 0.3 is 0 Å². The number of aliphatic hydroxyl groups excluding tert-OH is 1. The Bertz CT molecular complexity index is 770. The minimum absolute atomic E-state index is 0.0137. The van der Waals surface area contributed by atoms with Gasteiger partial charge in [-0.15, -0.1) is 0 Å². The number of carbonyl (C=O) groups is 2. The van der Waals surface area contributed by atoms with Gasteiger partial charge in [0.15, 0.2) is 9.84 Å². The average Bonchev–Trinajstić information content (AvgIpc) is 3.24. The van der Waals surface area contributed by atoms with E-state index in [2.05, 4.69) is 5.32 Å². The van der Waals surface area contributed by atoms with Crippen molar-refractivity contribution in [3.8, 4) is 0 Å². The van der Waals surface area contributed by atoms with Crippen LogP contribution in [-0.2, 0) is 28.9 Å². The number of hydrogen-bond acceptors (Lipinski definition) is 8. The monoisotopic (exact) mass is 459 g/mol. The molecule has 0 aromatic carbocycles. The second kappa shape index (κ2) is 9.30. The summed E-state index contributed by atoms with van der Waals surface area (Å²) in [6, 6.07) is 0.298. The summed E-state index contributed by atoms with van der Waals surface area (Å²) >= 11 is 0. The fourth-order valence-electron chi connectivity index (χ4n) is 4.98. The third-order valence-corrected chi connectivity index (χ3v) is 8.53. The number of amides is 2. The maximum Gasteiger partial charge on any atom is 0.225 e. The summed E-state index contributed by atoms with van der Waals surface area (Å²) < 4.78 is 35.0. The van der Waals surface area contributed by atoms with Gasteiger partial charge in [-0.1, -0.05) is 0 Å². The van der Waals surface area contributed by atoms with Gasteiger partial charge in [0.25, 0.3) is 0 Å². The summed E-state index contributed by atoms with van der Waals surface area (Å²) in [5.74, 6) is 0.0281. The van der Waals surface area contributed by atoms with Gasteiger partial charge in [-0.25, -0.2) is 8.42 Å². The van der Waals surface area contributed by atoms with Crippen LogP contribution in [0.1, 0.15) is 32.6 Å². The van der Waals surface area contributed by atoms with E-state index in [1.54, 1.807) is 11.8 Å². The zero-order valence-corrected chi connectivity index (χ0v) is 18.8. The molecular weight excluding hydrogens is 426 g/mol. The van der Waals surface area contributed by atoms with Crippen LogP contribution in [0.4, 0.5) is 0 Å². The summed E-state index contributed by atoms with van der Waals surface area (Å²) in [6.45, 7) is 4.07. The predicted molar refractivity (Wildman–Crippen MR) is 111 cm³/mol. The van der Waals surface area contributed by atoms with E-state index in [1.165, 1.54) is 0 Å². The Morgan fingerprint density at radius 3 is 2.35 bits per heavy atom. The summed E-state index contributed by atoms with van der Waals surface area (Å²) in [7, 11) is -3.02. The van der Waals surface area contributed by atoms with Gasteiger partial charge in [-0.3, -0.25) is 9.59 Å². The summed E-state index contributed by atoms with van der Waals surface area (Å²) in [6.07, 6.45) is 0.391. The lowest BCUT2D eigenvalue weighted by atomic mass is 10.0. The topological polar surface area (TPSA) is 125 Å². The molecule has 11 heteroatoms. The molecule has 0 saturated carbocycles. The van der Waals surface area contributed by atoms with Crippen molar-refractivity contribution in [2.75, 3.05) is 44.2 Å². The molecule has 0 aliphatic carbocycles. The van der Waals surface area contributed by atoms with Gasteiger partial charge in [0.2, 0.25) is 11.8 Å². The van der Waals surface area contributed by atoms with E-state index in [9.17, 15) is 23.1 Å². The van der Waals surface area contributed by atoms with Crippen molar-refractivity contribution in [2.45, 2.75) is 69.2 Å². The van der Waals surface area contributed by atoms with Gasteiger partial charge in [0.05, 0.1) is 36.2 Å². The molecule has 4 fully saturated rings. The highest BCUT2D eigenvalue weighted by Crippen LogP contribution is 2.35. The minimum atomic E-state index is -3.02. The van der Waals surface area contributed by atoms with E-state index < -0.39 is 22.0 Å². The number of fused-ring (bicyclic) bond motifs is 1. The van der Waals surface area contributed by atoms with Gasteiger partial charge in [-0.05, 0) is 12.8 Å². The highest BCUT2D eigenvalue weighted by atomic mass is 32.2. The van der Waals surface area contributed by atoms with Crippen molar-refractivity contribution < 1.29 is 32.6 Å². The molecule has 0 unspecified atom stereocenters. The highest BCUT2D eigenvalue weighted by molar-refractivity contribution is 7.91. The van der Waals surface area contributed by atoms with Crippen molar-refractivity contribution in [3.63, 3.8) is 0 Å². The zero-order valence-electron chi connectivity index (χ0n) is 17.9. The van der Waals surface area contributed by atoms with Gasteiger partial charge in [0.1, 0.15) is 12.2 Å². The quantitative estimate of drug-likeness (QED) is 0.510. The molecule has 4 aliphatic rings. The maximum absolute atomic E-state index is 12.5. The smallest absolute Gasteiger partial charge is 0.225 e. The number of nitrogens with zero attached hydrogens (tertiary/aromatic N) is 2. The number of hydrogen-bond donors (Lipinski definition) is 2. The standard InChI is InChI=1S/C20H33N3O7S/c1-13(24)22-4-2-14(3-5-22)21-12-17-19(26)20-16(30-17)10-15(29-20)11-18(25)23-6-8-31(27,28)9-7-23/h14-17,19-21,26H,2-12H2,1H3/t15-,16+,17+,19+,20-/m0/s1. The molecule has 31 heavy (non-hydrogen) atoms. The van der Waals surface area contributed by atoms with E-state index in [0.29, 0.717) is 19.0 Å². The minimum Gasteiger partial charge on any atom is -0.388 e. The van der Waals surface area contributed by atoms with Crippen LogP contribution in [0.25, 0.3) is 0 Å². The Labute approximate surface area is 183 Å². The van der Waals surface area contributed by atoms with Crippen LogP contribution in [0, 0.1) is 0 Å². The first-order chi connectivity index (χ1) is 14.7. The van der Waals surface area contributed by atoms with E-state index >= 15 is 0 Å². The van der Waals surface area contributed by atoms with Crippen LogP contribution >= 0.6 is 0 Å². The summed E-state index contributed by atoms with van der Waals surface area (Å²) in [5, 5.41) is 14.1. The molecule has 0 radical (unpaired) electrons. The van der Waals surface area contributed by atoms with Crippen LogP contribution in [0.3, 0.4) is 0 Å². The summed E-state index contributed by atoms with van der Waals surface area (Å²) in [5.41, 5.74) is 0. The fraction of sp³-hybridized carbons (Fsp3) is 0.900. The van der Waals surface area contributed by atoms with Crippen molar-refractivity contribution in [2.24, 2.45) is 0 Å². The first kappa shape index (κ1) is 22.9. The Morgan fingerprint density at radius 1 is 1.06 bits per heavy atom. The van der Waals surface area contributed by atoms with Crippen LogP contribution in [-0.4, -0.2) is 116 Å². The Hall–Kier alpha value is -1.27. The molecule has 0 aromatic rings. The van der Waals surface area contributed by atoms with E-state index in [-0.39, 0.29) is 61.1 Å². The molecule has 0 bridgehead atoms. The third kappa shape index (κ3) is 5.39. The first-order valence-electron chi connectivity index (χ1n) is 11.2. The molecule has 2 N–H and O–H groups in total. The van der Waals surface area contributed by atoms with E-state index in [4.69, 9.17) is 9.47 Å². The second-order valence-corrected chi connectivity index (χ2v) is 11.4. The van der Waals surface area contributed by atoms with Crippen molar-refractivity contribution >= 4 is 21.7 Å². The molecule has 0 aromatic heterocycles. The first-order valence-corrected chi connectivity index (χ1v) is 13.0. The molecule has 5 atom stereocenters. The normalized spacial score (nSPS) is 35.9. The fourth-order valence-corrected chi connectivity index (χ4v) is 6.18. The molecule has 10 nitrogen and oxygen atoms in total.